The van der Waals surface area contributed by atoms with E-state index in [9.17, 15) is 9.59 Å². The molecule has 0 atom stereocenters. The van der Waals surface area contributed by atoms with Crippen LogP contribution in [0.2, 0.25) is 0 Å². The van der Waals surface area contributed by atoms with E-state index in [-0.39, 0.29) is 11.5 Å². The first-order valence-corrected chi connectivity index (χ1v) is 7.80. The fourth-order valence-electron chi connectivity index (χ4n) is 2.84. The monoisotopic (exact) mass is 313 g/mol. The number of benzene rings is 1. The minimum Gasteiger partial charge on any atom is -0.478 e. The minimum atomic E-state index is -0.934. The standard InChI is InChI=1S/C17H19N3O3/c21-16(14-11-19-20-10-2-1-3-15(14)20)18-9-8-12-4-6-13(7-5-12)17(22)23/h4-7,11H,1-3,8-10H2,(H,18,21)(H,22,23). The van der Waals surface area contributed by atoms with Crippen molar-refractivity contribution in [3.63, 3.8) is 0 Å². The number of aryl methyl sites for hydroxylation is 1. The Kier molecular flexibility index (Phi) is 4.41. The van der Waals surface area contributed by atoms with Crippen molar-refractivity contribution in [1.82, 2.24) is 15.1 Å². The summed E-state index contributed by atoms with van der Waals surface area (Å²) in [5.74, 6) is -1.02. The predicted octanol–water partition coefficient (Wildman–Crippen LogP) is 1.89. The summed E-state index contributed by atoms with van der Waals surface area (Å²) in [6.45, 7) is 1.40. The van der Waals surface area contributed by atoms with Crippen molar-refractivity contribution in [2.24, 2.45) is 0 Å². The molecule has 1 aliphatic heterocycles. The van der Waals surface area contributed by atoms with Crippen LogP contribution in [0, 0.1) is 0 Å². The maximum absolute atomic E-state index is 12.3. The SMILES string of the molecule is O=C(O)c1ccc(CCNC(=O)c2cnn3c2CCCC3)cc1. The minimum absolute atomic E-state index is 0.0877. The van der Waals surface area contributed by atoms with Gasteiger partial charge in [-0.05, 0) is 43.4 Å². The van der Waals surface area contributed by atoms with E-state index in [1.165, 1.54) is 0 Å². The quantitative estimate of drug-likeness (QED) is 0.883. The third-order valence-corrected chi connectivity index (χ3v) is 4.13. The number of hydrogen-bond donors (Lipinski definition) is 2. The van der Waals surface area contributed by atoms with Gasteiger partial charge in [0.2, 0.25) is 0 Å². The van der Waals surface area contributed by atoms with Crippen LogP contribution in [0.1, 0.15) is 44.8 Å². The van der Waals surface area contributed by atoms with Crippen molar-refractivity contribution in [1.29, 1.82) is 0 Å². The van der Waals surface area contributed by atoms with Crippen LogP contribution in [0.15, 0.2) is 30.5 Å². The lowest BCUT2D eigenvalue weighted by Crippen LogP contribution is -2.27. The normalized spacial score (nSPS) is 13.4. The second-order valence-electron chi connectivity index (χ2n) is 5.69. The lowest BCUT2D eigenvalue weighted by Gasteiger charge is -2.14. The summed E-state index contributed by atoms with van der Waals surface area (Å²) in [7, 11) is 0. The zero-order valence-electron chi connectivity index (χ0n) is 12.8. The summed E-state index contributed by atoms with van der Waals surface area (Å²) in [5.41, 5.74) is 2.96. The van der Waals surface area contributed by atoms with Gasteiger partial charge in [-0.15, -0.1) is 0 Å². The number of nitrogens with one attached hydrogen (secondary N) is 1. The van der Waals surface area contributed by atoms with Crippen LogP contribution in [-0.4, -0.2) is 33.3 Å². The molecule has 1 aromatic carbocycles. The van der Waals surface area contributed by atoms with E-state index in [4.69, 9.17) is 5.11 Å². The van der Waals surface area contributed by atoms with Gasteiger partial charge in [-0.25, -0.2) is 4.79 Å². The van der Waals surface area contributed by atoms with E-state index in [1.807, 2.05) is 4.68 Å². The van der Waals surface area contributed by atoms with E-state index in [0.717, 1.165) is 37.1 Å². The molecule has 0 bridgehead atoms. The van der Waals surface area contributed by atoms with E-state index >= 15 is 0 Å². The van der Waals surface area contributed by atoms with Gasteiger partial charge in [0.1, 0.15) is 0 Å². The molecule has 2 N–H and O–H groups in total. The molecule has 6 nitrogen and oxygen atoms in total. The molecular formula is C17H19N3O3. The molecule has 0 unspecified atom stereocenters. The number of carbonyl (C=O) groups is 2. The molecule has 2 heterocycles. The van der Waals surface area contributed by atoms with Crippen molar-refractivity contribution in [3.05, 3.63) is 52.8 Å². The Hall–Kier alpha value is -2.63. The first-order chi connectivity index (χ1) is 11.1. The lowest BCUT2D eigenvalue weighted by atomic mass is 10.1. The molecule has 6 heteroatoms. The van der Waals surface area contributed by atoms with Gasteiger partial charge in [0.05, 0.1) is 23.0 Å². The van der Waals surface area contributed by atoms with Crippen LogP contribution in [0.3, 0.4) is 0 Å². The maximum Gasteiger partial charge on any atom is 0.335 e. The number of fused-ring (bicyclic) bond motifs is 1. The van der Waals surface area contributed by atoms with Gasteiger partial charge in [0, 0.05) is 13.1 Å². The van der Waals surface area contributed by atoms with E-state index < -0.39 is 5.97 Å². The van der Waals surface area contributed by atoms with Crippen LogP contribution in [0.25, 0.3) is 0 Å². The largest absolute Gasteiger partial charge is 0.478 e. The molecule has 0 spiro atoms. The molecular weight excluding hydrogens is 294 g/mol. The van der Waals surface area contributed by atoms with Gasteiger partial charge in [-0.1, -0.05) is 12.1 Å². The van der Waals surface area contributed by atoms with Gasteiger partial charge < -0.3 is 10.4 Å². The Balaban J connectivity index is 1.55. The van der Waals surface area contributed by atoms with Gasteiger partial charge in [0.15, 0.2) is 0 Å². The summed E-state index contributed by atoms with van der Waals surface area (Å²) in [5, 5.41) is 16.0. The summed E-state index contributed by atoms with van der Waals surface area (Å²) in [6, 6.07) is 6.70. The van der Waals surface area contributed by atoms with Gasteiger partial charge in [-0.3, -0.25) is 9.48 Å². The Morgan fingerprint density at radius 2 is 2.00 bits per heavy atom. The Morgan fingerprint density at radius 3 is 2.74 bits per heavy atom. The molecule has 1 aromatic heterocycles. The molecule has 1 aliphatic rings. The van der Waals surface area contributed by atoms with Crippen molar-refractivity contribution in [2.75, 3.05) is 6.54 Å². The average Bonchev–Trinajstić information content (AvgIpc) is 2.99. The maximum atomic E-state index is 12.3. The topological polar surface area (TPSA) is 84.2 Å². The molecule has 1 amide bonds. The zero-order valence-corrected chi connectivity index (χ0v) is 12.8. The molecule has 0 saturated heterocycles. The number of nitrogens with zero attached hydrogens (tertiary/aromatic N) is 2. The highest BCUT2D eigenvalue weighted by Crippen LogP contribution is 2.17. The van der Waals surface area contributed by atoms with Gasteiger partial charge in [-0.2, -0.15) is 5.10 Å². The third kappa shape index (κ3) is 3.41. The number of carboxylic acids is 1. The summed E-state index contributed by atoms with van der Waals surface area (Å²) in [6.07, 6.45) is 5.43. The smallest absolute Gasteiger partial charge is 0.335 e. The highest BCUT2D eigenvalue weighted by Gasteiger charge is 2.19. The number of carbonyl (C=O) groups excluding carboxylic acids is 1. The summed E-state index contributed by atoms with van der Waals surface area (Å²) < 4.78 is 1.92. The van der Waals surface area contributed by atoms with Crippen LogP contribution in [0.4, 0.5) is 0 Å². The van der Waals surface area contributed by atoms with Crippen LogP contribution in [-0.2, 0) is 19.4 Å². The number of rotatable bonds is 5. The third-order valence-electron chi connectivity index (χ3n) is 4.13. The number of aromatic nitrogens is 2. The Bertz CT molecular complexity index is 719. The van der Waals surface area contributed by atoms with Crippen LogP contribution >= 0.6 is 0 Å². The highest BCUT2D eigenvalue weighted by molar-refractivity contribution is 5.95. The zero-order chi connectivity index (χ0) is 16.2. The second-order valence-corrected chi connectivity index (χ2v) is 5.69. The molecule has 120 valence electrons. The number of aromatic carboxylic acids is 1. The first kappa shape index (κ1) is 15.3. The van der Waals surface area contributed by atoms with E-state index in [1.54, 1.807) is 30.5 Å². The van der Waals surface area contributed by atoms with Crippen molar-refractivity contribution in [3.8, 4) is 0 Å². The summed E-state index contributed by atoms with van der Waals surface area (Å²) >= 11 is 0. The molecule has 0 fully saturated rings. The molecule has 0 saturated carbocycles. The lowest BCUT2D eigenvalue weighted by molar-refractivity contribution is 0.0696. The number of amides is 1. The van der Waals surface area contributed by atoms with Gasteiger partial charge >= 0.3 is 5.97 Å². The molecule has 2 aromatic rings. The predicted molar refractivity (Wildman–Crippen MR) is 84.6 cm³/mol. The van der Waals surface area contributed by atoms with Crippen molar-refractivity contribution in [2.45, 2.75) is 32.2 Å². The van der Waals surface area contributed by atoms with E-state index in [0.29, 0.717) is 18.5 Å². The molecule has 0 aliphatic carbocycles. The van der Waals surface area contributed by atoms with Crippen molar-refractivity contribution < 1.29 is 14.7 Å². The fourth-order valence-corrected chi connectivity index (χ4v) is 2.84. The first-order valence-electron chi connectivity index (χ1n) is 7.80. The van der Waals surface area contributed by atoms with Crippen molar-refractivity contribution >= 4 is 11.9 Å². The molecule has 0 radical (unpaired) electrons. The number of hydrogen-bond acceptors (Lipinski definition) is 3. The molecule has 23 heavy (non-hydrogen) atoms. The second kappa shape index (κ2) is 6.64. The molecule has 3 rings (SSSR count). The van der Waals surface area contributed by atoms with Gasteiger partial charge in [0.25, 0.3) is 5.91 Å². The summed E-state index contributed by atoms with van der Waals surface area (Å²) in [4.78, 5) is 23.1. The van der Waals surface area contributed by atoms with Crippen LogP contribution < -0.4 is 5.32 Å². The Morgan fingerprint density at radius 1 is 1.22 bits per heavy atom. The Labute approximate surface area is 134 Å². The highest BCUT2D eigenvalue weighted by atomic mass is 16.4. The van der Waals surface area contributed by atoms with Crippen LogP contribution in [0.5, 0.6) is 0 Å². The number of carboxylic acid groups (broad SMARTS) is 1. The van der Waals surface area contributed by atoms with E-state index in [2.05, 4.69) is 10.4 Å². The average molecular weight is 313 g/mol. The fraction of sp³-hybridized carbons (Fsp3) is 0.353.